The van der Waals surface area contributed by atoms with Crippen molar-refractivity contribution in [2.24, 2.45) is 5.92 Å². The quantitative estimate of drug-likeness (QED) is 0.850. The maximum atomic E-state index is 12.5. The first-order valence-corrected chi connectivity index (χ1v) is 7.85. The van der Waals surface area contributed by atoms with E-state index in [1.807, 2.05) is 38.1 Å². The Bertz CT molecular complexity index is 601. The lowest BCUT2D eigenvalue weighted by Crippen LogP contribution is -2.36. The average molecular weight is 302 g/mol. The second kappa shape index (κ2) is 5.63. The van der Waals surface area contributed by atoms with Crippen LogP contribution in [0.2, 0.25) is 0 Å². The fourth-order valence-electron chi connectivity index (χ4n) is 3.22. The van der Waals surface area contributed by atoms with Crippen molar-refractivity contribution in [2.75, 3.05) is 7.11 Å². The molecule has 2 aliphatic rings. The number of nitrogens with one attached hydrogen (secondary N) is 1. The summed E-state index contributed by atoms with van der Waals surface area (Å²) in [5, 5.41) is 2.83. The van der Waals surface area contributed by atoms with Crippen molar-refractivity contribution in [2.45, 2.75) is 44.7 Å². The second-order valence-electron chi connectivity index (χ2n) is 6.17. The van der Waals surface area contributed by atoms with E-state index in [0.717, 1.165) is 24.2 Å². The minimum atomic E-state index is -0.378. The van der Waals surface area contributed by atoms with E-state index in [2.05, 4.69) is 5.32 Å². The Hall–Kier alpha value is -2.04. The number of rotatable bonds is 5. The first kappa shape index (κ1) is 14.9. The van der Waals surface area contributed by atoms with Gasteiger partial charge in [-0.25, -0.2) is 4.79 Å². The molecule has 118 valence electrons. The predicted molar refractivity (Wildman–Crippen MR) is 82.8 cm³/mol. The zero-order valence-electron chi connectivity index (χ0n) is 13.2. The van der Waals surface area contributed by atoms with Gasteiger partial charge in [-0.15, -0.1) is 0 Å². The molecule has 0 radical (unpaired) electrons. The van der Waals surface area contributed by atoms with Crippen LogP contribution in [0.4, 0.5) is 4.79 Å². The third-order valence-corrected chi connectivity index (χ3v) is 4.84. The number of imide groups is 1. The number of carbonyl (C=O) groups is 2. The summed E-state index contributed by atoms with van der Waals surface area (Å²) in [7, 11) is 1.64. The summed E-state index contributed by atoms with van der Waals surface area (Å²) >= 11 is 0. The molecule has 2 fully saturated rings. The Morgan fingerprint density at radius 1 is 1.36 bits per heavy atom. The highest BCUT2D eigenvalue weighted by atomic mass is 16.5. The molecule has 3 amide bonds. The zero-order chi connectivity index (χ0) is 15.9. The number of hydrogen-bond donors (Lipinski definition) is 1. The standard InChI is InChI=1S/C17H22N2O3/c1-4-10(2)15-16(20)19(17(21)18-15)13-9-12(13)11-7-5-6-8-14(11)22-3/h5-8,10,12-13,15H,4,9H2,1-3H3,(H,18,21)/t10-,12-,13+,15-/m0/s1. The van der Waals surface area contributed by atoms with Crippen molar-refractivity contribution >= 4 is 11.9 Å². The van der Waals surface area contributed by atoms with Crippen molar-refractivity contribution in [3.05, 3.63) is 29.8 Å². The molecule has 1 N–H and O–H groups in total. The number of methoxy groups -OCH3 is 1. The molecule has 3 rings (SSSR count). The first-order valence-electron chi connectivity index (χ1n) is 7.85. The molecule has 4 atom stereocenters. The SMILES string of the molecule is CC[C@H](C)[C@@H]1NC(=O)N([C@@H]2C[C@H]2c2ccccc2OC)C1=O. The van der Waals surface area contributed by atoms with Crippen molar-refractivity contribution < 1.29 is 14.3 Å². The Labute approximate surface area is 130 Å². The molecular formula is C17H22N2O3. The van der Waals surface area contributed by atoms with Crippen molar-refractivity contribution in [1.29, 1.82) is 0 Å². The highest BCUT2D eigenvalue weighted by molar-refractivity contribution is 6.05. The number of urea groups is 1. The van der Waals surface area contributed by atoms with Gasteiger partial charge >= 0.3 is 6.03 Å². The molecule has 1 aliphatic carbocycles. The summed E-state index contributed by atoms with van der Waals surface area (Å²) < 4.78 is 5.38. The summed E-state index contributed by atoms with van der Waals surface area (Å²) in [4.78, 5) is 26.2. The number of carbonyl (C=O) groups excluding carboxylic acids is 2. The molecule has 1 aliphatic heterocycles. The lowest BCUT2D eigenvalue weighted by atomic mass is 9.99. The molecule has 1 aromatic rings. The number of benzene rings is 1. The Kier molecular flexibility index (Phi) is 3.81. The fourth-order valence-corrected chi connectivity index (χ4v) is 3.22. The maximum Gasteiger partial charge on any atom is 0.325 e. The highest BCUT2D eigenvalue weighted by Crippen LogP contribution is 2.48. The molecule has 0 aromatic heterocycles. The normalized spacial score (nSPS) is 28.5. The van der Waals surface area contributed by atoms with Crippen LogP contribution in [0, 0.1) is 5.92 Å². The van der Waals surface area contributed by atoms with Gasteiger partial charge in [0.2, 0.25) is 0 Å². The summed E-state index contributed by atoms with van der Waals surface area (Å²) in [5.41, 5.74) is 1.07. The lowest BCUT2D eigenvalue weighted by Gasteiger charge is -2.16. The molecule has 1 heterocycles. The van der Waals surface area contributed by atoms with Crippen LogP contribution >= 0.6 is 0 Å². The van der Waals surface area contributed by atoms with E-state index in [1.165, 1.54) is 4.90 Å². The fraction of sp³-hybridized carbons (Fsp3) is 0.529. The largest absolute Gasteiger partial charge is 0.496 e. The van der Waals surface area contributed by atoms with E-state index in [1.54, 1.807) is 7.11 Å². The van der Waals surface area contributed by atoms with E-state index < -0.39 is 0 Å². The van der Waals surface area contributed by atoms with Gasteiger partial charge in [-0.3, -0.25) is 9.69 Å². The average Bonchev–Trinajstić information content (AvgIpc) is 3.25. The monoisotopic (exact) mass is 302 g/mol. The van der Waals surface area contributed by atoms with Gasteiger partial charge in [0, 0.05) is 12.0 Å². The van der Waals surface area contributed by atoms with E-state index in [0.29, 0.717) is 0 Å². The molecule has 1 aromatic carbocycles. The van der Waals surface area contributed by atoms with Gasteiger partial charge in [0.25, 0.3) is 5.91 Å². The molecule has 22 heavy (non-hydrogen) atoms. The molecule has 5 nitrogen and oxygen atoms in total. The number of ether oxygens (including phenoxy) is 1. The Morgan fingerprint density at radius 2 is 2.09 bits per heavy atom. The topological polar surface area (TPSA) is 58.6 Å². The third-order valence-electron chi connectivity index (χ3n) is 4.84. The van der Waals surface area contributed by atoms with Gasteiger partial charge < -0.3 is 10.1 Å². The molecular weight excluding hydrogens is 280 g/mol. The van der Waals surface area contributed by atoms with Crippen molar-refractivity contribution in [3.8, 4) is 5.75 Å². The minimum Gasteiger partial charge on any atom is -0.496 e. The Balaban J connectivity index is 1.77. The van der Waals surface area contributed by atoms with Gasteiger partial charge in [0.1, 0.15) is 11.8 Å². The van der Waals surface area contributed by atoms with Crippen molar-refractivity contribution in [1.82, 2.24) is 10.2 Å². The summed E-state index contributed by atoms with van der Waals surface area (Å²) in [6.45, 7) is 4.03. The third kappa shape index (κ3) is 2.34. The van der Waals surface area contributed by atoms with Crippen LogP contribution in [-0.4, -0.2) is 36.0 Å². The van der Waals surface area contributed by atoms with Crippen LogP contribution in [0.3, 0.4) is 0 Å². The van der Waals surface area contributed by atoms with Gasteiger partial charge in [-0.1, -0.05) is 38.5 Å². The van der Waals surface area contributed by atoms with E-state index in [4.69, 9.17) is 4.74 Å². The summed E-state index contributed by atoms with van der Waals surface area (Å²) in [6, 6.07) is 7.13. The maximum absolute atomic E-state index is 12.5. The molecule has 0 bridgehead atoms. The number of hydrogen-bond acceptors (Lipinski definition) is 3. The van der Waals surface area contributed by atoms with Gasteiger partial charge in [-0.05, 0) is 24.0 Å². The number of nitrogens with zero attached hydrogens (tertiary/aromatic N) is 1. The number of amides is 3. The smallest absolute Gasteiger partial charge is 0.325 e. The summed E-state index contributed by atoms with van der Waals surface area (Å²) in [5.74, 6) is 1.08. The van der Waals surface area contributed by atoms with Crippen LogP contribution in [0.15, 0.2) is 24.3 Å². The van der Waals surface area contributed by atoms with E-state index in [9.17, 15) is 9.59 Å². The minimum absolute atomic E-state index is 0.0437. The number of para-hydroxylation sites is 1. The molecule has 5 heteroatoms. The zero-order valence-corrected chi connectivity index (χ0v) is 13.2. The first-order chi connectivity index (χ1) is 10.6. The van der Waals surface area contributed by atoms with Crippen LogP contribution < -0.4 is 10.1 Å². The highest BCUT2D eigenvalue weighted by Gasteiger charge is 2.53. The molecule has 0 spiro atoms. The van der Waals surface area contributed by atoms with Gasteiger partial charge in [0.15, 0.2) is 0 Å². The summed E-state index contributed by atoms with van der Waals surface area (Å²) in [6.07, 6.45) is 1.68. The molecule has 1 saturated heterocycles. The lowest BCUT2D eigenvalue weighted by molar-refractivity contribution is -0.128. The molecule has 0 unspecified atom stereocenters. The van der Waals surface area contributed by atoms with Crippen LogP contribution in [0.1, 0.15) is 38.2 Å². The van der Waals surface area contributed by atoms with Crippen LogP contribution in [-0.2, 0) is 4.79 Å². The van der Waals surface area contributed by atoms with E-state index in [-0.39, 0.29) is 35.9 Å². The van der Waals surface area contributed by atoms with Gasteiger partial charge in [-0.2, -0.15) is 0 Å². The van der Waals surface area contributed by atoms with Crippen molar-refractivity contribution in [3.63, 3.8) is 0 Å². The van der Waals surface area contributed by atoms with Gasteiger partial charge in [0.05, 0.1) is 7.11 Å². The predicted octanol–water partition coefficient (Wildman–Crippen LogP) is 2.52. The second-order valence-corrected chi connectivity index (χ2v) is 6.17. The van der Waals surface area contributed by atoms with Crippen LogP contribution in [0.5, 0.6) is 5.75 Å². The Morgan fingerprint density at radius 3 is 2.77 bits per heavy atom. The van der Waals surface area contributed by atoms with E-state index >= 15 is 0 Å². The molecule has 1 saturated carbocycles. The van der Waals surface area contributed by atoms with Crippen LogP contribution in [0.25, 0.3) is 0 Å².